The average molecular weight is 181 g/mol. The molecule has 0 aliphatic rings. The van der Waals surface area contributed by atoms with Crippen molar-refractivity contribution in [2.75, 3.05) is 12.5 Å². The lowest BCUT2D eigenvalue weighted by molar-refractivity contribution is 0.565. The topological polar surface area (TPSA) is 29.4 Å². The molecule has 0 aliphatic carbocycles. The van der Waals surface area contributed by atoms with Gasteiger partial charge < -0.3 is 0 Å². The van der Waals surface area contributed by atoms with Gasteiger partial charge in [-0.3, -0.25) is 0 Å². The van der Waals surface area contributed by atoms with Crippen LogP contribution in [0.5, 0.6) is 0 Å². The average Bonchev–Trinajstić information content (AvgIpc) is 2.08. The minimum Gasteiger partial charge on any atom is -0.211 e. The van der Waals surface area contributed by atoms with Gasteiger partial charge in [0.25, 0.3) is 0 Å². The van der Waals surface area contributed by atoms with E-state index >= 15 is 0 Å². The van der Waals surface area contributed by atoms with Crippen molar-refractivity contribution >= 4 is 23.5 Å². The van der Waals surface area contributed by atoms with Crippen molar-refractivity contribution in [1.82, 2.24) is 0 Å². The van der Waals surface area contributed by atoms with E-state index in [-0.39, 0.29) is 0 Å². The third kappa shape index (κ3) is 5.71. The summed E-state index contributed by atoms with van der Waals surface area (Å²) >= 11 is 1.75. The fourth-order valence-electron chi connectivity index (χ4n) is 0.555. The Hall–Kier alpha value is -1.05. The van der Waals surface area contributed by atoms with E-state index in [4.69, 9.17) is 0 Å². The molecule has 0 fully saturated rings. The van der Waals surface area contributed by atoms with Crippen molar-refractivity contribution in [2.45, 2.75) is 0 Å². The molecule has 2 nitrogen and oxygen atoms in total. The predicted molar refractivity (Wildman–Crippen MR) is 53.7 cm³/mol. The molecule has 64 valence electrons. The highest BCUT2D eigenvalue weighted by atomic mass is 32.2. The molecular weight excluding hydrogens is 170 g/mol. The monoisotopic (exact) mass is 181 g/mol. The lowest BCUT2D eigenvalue weighted by Crippen LogP contribution is -1.59. The highest BCUT2D eigenvalue weighted by Gasteiger charge is 1.79. The Balaban J connectivity index is 0.000000354. The maximum absolute atomic E-state index is 9.68. The molecule has 12 heavy (non-hydrogen) atoms. The van der Waals surface area contributed by atoms with Gasteiger partial charge in [-0.15, -0.1) is 0 Å². The standard InChI is InChI=1S/C7H5NO.C2H6S/c9-6-8-7-4-2-1-3-5-7;1-3-2/h1-5H;1-2H3. The second-order valence-electron chi connectivity index (χ2n) is 1.95. The second kappa shape index (κ2) is 8.05. The minimum atomic E-state index is 0.646. The number of aliphatic imine (C=N–C) groups is 1. The van der Waals surface area contributed by atoms with Crippen molar-refractivity contribution in [3.05, 3.63) is 30.3 Å². The highest BCUT2D eigenvalue weighted by Crippen LogP contribution is 2.06. The van der Waals surface area contributed by atoms with Gasteiger partial charge in [-0.05, 0) is 24.6 Å². The summed E-state index contributed by atoms with van der Waals surface area (Å²) in [5.74, 6) is 0. The summed E-state index contributed by atoms with van der Waals surface area (Å²) in [6, 6.07) is 8.98. The van der Waals surface area contributed by atoms with Gasteiger partial charge in [0, 0.05) is 0 Å². The Kier molecular flexibility index (Phi) is 7.35. The highest BCUT2D eigenvalue weighted by molar-refractivity contribution is 7.97. The number of hydrogen-bond acceptors (Lipinski definition) is 3. The molecule has 0 atom stereocenters. The maximum Gasteiger partial charge on any atom is 0.240 e. The number of carbonyl (C=O) groups excluding carboxylic acids is 1. The van der Waals surface area contributed by atoms with Crippen molar-refractivity contribution in [3.63, 3.8) is 0 Å². The normalized spacial score (nSPS) is 7.50. The second-order valence-corrected chi connectivity index (χ2v) is 2.76. The van der Waals surface area contributed by atoms with Gasteiger partial charge in [-0.25, -0.2) is 4.79 Å². The molecule has 0 spiro atoms. The molecule has 0 unspecified atom stereocenters. The van der Waals surface area contributed by atoms with Gasteiger partial charge in [0.1, 0.15) is 0 Å². The van der Waals surface area contributed by atoms with E-state index in [1.54, 1.807) is 23.9 Å². The van der Waals surface area contributed by atoms with Crippen LogP contribution < -0.4 is 0 Å². The van der Waals surface area contributed by atoms with Crippen LogP contribution in [0, 0.1) is 0 Å². The molecule has 0 bridgehead atoms. The number of hydrogen-bond donors (Lipinski definition) is 0. The van der Waals surface area contributed by atoms with Crippen LogP contribution in [0.15, 0.2) is 35.3 Å². The molecule has 1 rings (SSSR count). The zero-order valence-electron chi connectivity index (χ0n) is 7.15. The van der Waals surface area contributed by atoms with E-state index in [1.807, 2.05) is 30.7 Å². The quantitative estimate of drug-likeness (QED) is 0.492. The zero-order valence-corrected chi connectivity index (χ0v) is 7.97. The van der Waals surface area contributed by atoms with E-state index in [0.717, 1.165) is 0 Å². The lowest BCUT2D eigenvalue weighted by atomic mass is 10.3. The Morgan fingerprint density at radius 3 is 2.17 bits per heavy atom. The number of thioether (sulfide) groups is 1. The summed E-state index contributed by atoms with van der Waals surface area (Å²) in [6.45, 7) is 0. The summed E-state index contributed by atoms with van der Waals surface area (Å²) in [4.78, 5) is 13.1. The molecule has 0 N–H and O–H groups in total. The molecular formula is C9H11NOS. The van der Waals surface area contributed by atoms with Crippen LogP contribution >= 0.6 is 11.8 Å². The van der Waals surface area contributed by atoms with E-state index < -0.39 is 0 Å². The van der Waals surface area contributed by atoms with E-state index in [9.17, 15) is 4.79 Å². The Bertz CT molecular complexity index is 242. The van der Waals surface area contributed by atoms with E-state index in [1.165, 1.54) is 6.08 Å². The number of rotatable bonds is 1. The van der Waals surface area contributed by atoms with Crippen molar-refractivity contribution < 1.29 is 4.79 Å². The largest absolute Gasteiger partial charge is 0.240 e. The Labute approximate surface area is 76.7 Å². The summed E-state index contributed by atoms with van der Waals surface area (Å²) in [7, 11) is 0. The first-order valence-electron chi connectivity index (χ1n) is 3.38. The SMILES string of the molecule is CSC.O=C=Nc1ccccc1. The van der Waals surface area contributed by atoms with Gasteiger partial charge in [0.05, 0.1) is 5.69 Å². The van der Waals surface area contributed by atoms with Gasteiger partial charge in [0.2, 0.25) is 6.08 Å². The van der Waals surface area contributed by atoms with Crippen LogP contribution in [-0.4, -0.2) is 18.6 Å². The maximum atomic E-state index is 9.68. The van der Waals surface area contributed by atoms with Crippen molar-refractivity contribution in [3.8, 4) is 0 Å². The van der Waals surface area contributed by atoms with Crippen molar-refractivity contribution in [2.24, 2.45) is 4.99 Å². The van der Waals surface area contributed by atoms with Gasteiger partial charge in [0.15, 0.2) is 0 Å². The predicted octanol–water partition coefficient (Wildman–Crippen LogP) is 2.63. The van der Waals surface area contributed by atoms with E-state index in [2.05, 4.69) is 4.99 Å². The number of benzene rings is 1. The number of para-hydroxylation sites is 1. The molecule has 0 saturated carbocycles. The first kappa shape index (κ1) is 11.0. The molecule has 0 radical (unpaired) electrons. The lowest BCUT2D eigenvalue weighted by Gasteiger charge is -1.83. The van der Waals surface area contributed by atoms with Crippen LogP contribution in [0.4, 0.5) is 5.69 Å². The smallest absolute Gasteiger partial charge is 0.211 e. The van der Waals surface area contributed by atoms with Gasteiger partial charge in [-0.1, -0.05) is 18.2 Å². The third-order valence-electron chi connectivity index (χ3n) is 0.931. The van der Waals surface area contributed by atoms with Crippen LogP contribution in [-0.2, 0) is 4.79 Å². The van der Waals surface area contributed by atoms with Crippen LogP contribution in [0.3, 0.4) is 0 Å². The first-order valence-corrected chi connectivity index (χ1v) is 5.01. The third-order valence-corrected chi connectivity index (χ3v) is 0.931. The zero-order chi connectivity index (χ0) is 9.23. The van der Waals surface area contributed by atoms with Crippen LogP contribution in [0.1, 0.15) is 0 Å². The molecule has 0 aromatic heterocycles. The van der Waals surface area contributed by atoms with Crippen molar-refractivity contribution in [1.29, 1.82) is 0 Å². The molecule has 0 heterocycles. The molecule has 0 aliphatic heterocycles. The Morgan fingerprint density at radius 2 is 1.75 bits per heavy atom. The van der Waals surface area contributed by atoms with E-state index in [0.29, 0.717) is 5.69 Å². The van der Waals surface area contributed by atoms with Crippen LogP contribution in [0.25, 0.3) is 0 Å². The van der Waals surface area contributed by atoms with Gasteiger partial charge >= 0.3 is 0 Å². The summed E-state index contributed by atoms with van der Waals surface area (Å²) in [5, 5.41) is 0. The van der Waals surface area contributed by atoms with Gasteiger partial charge in [-0.2, -0.15) is 16.8 Å². The minimum absolute atomic E-state index is 0.646. The van der Waals surface area contributed by atoms with Crippen LogP contribution in [0.2, 0.25) is 0 Å². The molecule has 1 aromatic rings. The summed E-state index contributed by atoms with van der Waals surface area (Å²) in [5.41, 5.74) is 0.646. The molecule has 3 heteroatoms. The molecule has 1 aromatic carbocycles. The summed E-state index contributed by atoms with van der Waals surface area (Å²) < 4.78 is 0. The number of nitrogens with zero attached hydrogens (tertiary/aromatic N) is 1. The summed E-state index contributed by atoms with van der Waals surface area (Å²) in [6.07, 6.45) is 5.54. The fraction of sp³-hybridized carbons (Fsp3) is 0.222. The molecule has 0 saturated heterocycles. The molecule has 0 amide bonds. The Morgan fingerprint density at radius 1 is 1.25 bits per heavy atom. The fourth-order valence-corrected chi connectivity index (χ4v) is 0.555. The first-order chi connectivity index (χ1) is 5.85. The number of isocyanates is 1.